The molecule has 1 aromatic carbocycles. The lowest BCUT2D eigenvalue weighted by Gasteiger charge is -2.09. The lowest BCUT2D eigenvalue weighted by molar-refractivity contribution is -0.114. The molecule has 0 atom stereocenters. The van der Waals surface area contributed by atoms with Gasteiger partial charge in [0.1, 0.15) is 3.74 Å². The number of halogens is 2. The van der Waals surface area contributed by atoms with Gasteiger partial charge in [0.05, 0.1) is 0 Å². The van der Waals surface area contributed by atoms with Crippen LogP contribution in [-0.4, -0.2) is 9.64 Å². The Morgan fingerprint density at radius 2 is 2.00 bits per heavy atom. The van der Waals surface area contributed by atoms with Crippen molar-refractivity contribution in [1.29, 1.82) is 0 Å². The molecule has 0 spiro atoms. The Balaban J connectivity index is 2.82. The second-order valence-electron chi connectivity index (χ2n) is 3.11. The lowest BCUT2D eigenvalue weighted by atomic mass is 10.1. The molecule has 0 bridgehead atoms. The number of hydrogen-bond acceptors (Lipinski definition) is 1. The van der Waals surface area contributed by atoms with Gasteiger partial charge in [-0.2, -0.15) is 0 Å². The maximum absolute atomic E-state index is 11.3. The fraction of sp³-hybridized carbons (Fsp3) is 0.300. The van der Waals surface area contributed by atoms with E-state index < -0.39 is 0 Å². The number of aryl methyl sites for hydroxylation is 2. The van der Waals surface area contributed by atoms with Gasteiger partial charge in [-0.05, 0) is 25.5 Å². The minimum atomic E-state index is -0.351. The van der Waals surface area contributed by atoms with Crippen molar-refractivity contribution in [3.8, 4) is 0 Å². The number of anilines is 1. The zero-order valence-corrected chi connectivity index (χ0v) is 11.1. The molecule has 0 saturated carbocycles. The van der Waals surface area contributed by atoms with Gasteiger partial charge in [-0.1, -0.05) is 49.6 Å². The Morgan fingerprint density at radius 3 is 2.50 bits per heavy atom. The number of carbonyl (C=O) groups excluding carboxylic acids is 1. The number of nitrogens with one attached hydrogen (secondary N) is 1. The van der Waals surface area contributed by atoms with Crippen LogP contribution in [0.4, 0.5) is 5.69 Å². The zero-order chi connectivity index (χ0) is 10.7. The first-order chi connectivity index (χ1) is 6.50. The van der Waals surface area contributed by atoms with E-state index in [0.717, 1.165) is 11.3 Å². The van der Waals surface area contributed by atoms with Crippen molar-refractivity contribution in [1.82, 2.24) is 0 Å². The molecule has 0 saturated heterocycles. The van der Waals surface area contributed by atoms with E-state index in [4.69, 9.17) is 0 Å². The Labute approximate surface area is 100 Å². The van der Waals surface area contributed by atoms with Crippen LogP contribution >= 0.6 is 31.9 Å². The summed E-state index contributed by atoms with van der Waals surface area (Å²) in [5.74, 6) is -0.100. The lowest BCUT2D eigenvalue weighted by Crippen LogP contribution is -2.18. The summed E-state index contributed by atoms with van der Waals surface area (Å²) in [4.78, 5) is 11.3. The molecular weight excluding hydrogens is 310 g/mol. The molecule has 1 rings (SSSR count). The smallest absolute Gasteiger partial charge is 0.248 e. The maximum atomic E-state index is 11.3. The summed E-state index contributed by atoms with van der Waals surface area (Å²) in [7, 11) is 0. The average Bonchev–Trinajstić information content (AvgIpc) is 2.09. The fourth-order valence-corrected chi connectivity index (χ4v) is 1.37. The first-order valence-electron chi connectivity index (χ1n) is 4.17. The van der Waals surface area contributed by atoms with Crippen LogP contribution in [-0.2, 0) is 4.79 Å². The van der Waals surface area contributed by atoms with E-state index in [1.54, 1.807) is 0 Å². The first kappa shape index (κ1) is 11.7. The molecule has 0 radical (unpaired) electrons. The normalized spacial score (nSPS) is 10.4. The van der Waals surface area contributed by atoms with Crippen LogP contribution in [0.1, 0.15) is 11.1 Å². The van der Waals surface area contributed by atoms with Crippen molar-refractivity contribution in [3.05, 3.63) is 29.3 Å². The van der Waals surface area contributed by atoms with Gasteiger partial charge in [0.25, 0.3) is 0 Å². The van der Waals surface area contributed by atoms with E-state index in [1.165, 1.54) is 5.56 Å². The van der Waals surface area contributed by atoms with Crippen LogP contribution in [0.2, 0.25) is 0 Å². The van der Waals surface area contributed by atoms with Crippen LogP contribution in [0.5, 0.6) is 0 Å². The summed E-state index contributed by atoms with van der Waals surface area (Å²) in [5.41, 5.74) is 3.11. The fourth-order valence-electron chi connectivity index (χ4n) is 1.14. The number of amides is 1. The van der Waals surface area contributed by atoms with Crippen molar-refractivity contribution in [2.75, 3.05) is 5.32 Å². The minimum absolute atomic E-state index is 0.100. The van der Waals surface area contributed by atoms with Crippen molar-refractivity contribution < 1.29 is 4.79 Å². The molecule has 1 aromatic rings. The molecule has 0 aliphatic heterocycles. The molecule has 2 nitrogen and oxygen atoms in total. The van der Waals surface area contributed by atoms with Gasteiger partial charge < -0.3 is 5.32 Å². The van der Waals surface area contributed by atoms with Crippen LogP contribution in [0.3, 0.4) is 0 Å². The molecule has 4 heteroatoms. The molecule has 0 heterocycles. The highest BCUT2D eigenvalue weighted by atomic mass is 79.9. The second kappa shape index (κ2) is 4.94. The average molecular weight is 321 g/mol. The van der Waals surface area contributed by atoms with Gasteiger partial charge >= 0.3 is 0 Å². The molecule has 0 unspecified atom stereocenters. The van der Waals surface area contributed by atoms with Gasteiger partial charge in [0.15, 0.2) is 0 Å². The second-order valence-corrected chi connectivity index (χ2v) is 6.17. The van der Waals surface area contributed by atoms with Crippen molar-refractivity contribution >= 4 is 43.5 Å². The van der Waals surface area contributed by atoms with Gasteiger partial charge in [0, 0.05) is 5.69 Å². The first-order valence-corrected chi connectivity index (χ1v) is 6.00. The molecule has 0 aliphatic carbocycles. The molecule has 1 N–H and O–H groups in total. The number of hydrogen-bond donors (Lipinski definition) is 1. The molecule has 14 heavy (non-hydrogen) atoms. The molecular formula is C10H11Br2NO. The molecule has 0 fully saturated rings. The predicted molar refractivity (Wildman–Crippen MR) is 66.2 cm³/mol. The van der Waals surface area contributed by atoms with Gasteiger partial charge in [-0.15, -0.1) is 0 Å². The Morgan fingerprint density at radius 1 is 1.36 bits per heavy atom. The van der Waals surface area contributed by atoms with Crippen LogP contribution in [0.15, 0.2) is 18.2 Å². The largest absolute Gasteiger partial charge is 0.324 e. The number of carbonyl (C=O) groups is 1. The highest BCUT2D eigenvalue weighted by Crippen LogP contribution is 2.18. The van der Waals surface area contributed by atoms with E-state index in [9.17, 15) is 4.79 Å². The van der Waals surface area contributed by atoms with E-state index in [2.05, 4.69) is 37.2 Å². The SMILES string of the molecule is Cc1ccc(NC(=O)C(Br)Br)c(C)c1. The molecule has 76 valence electrons. The van der Waals surface area contributed by atoms with E-state index in [-0.39, 0.29) is 9.64 Å². The standard InChI is InChI=1S/C10H11Br2NO/c1-6-3-4-8(7(2)5-6)13-10(14)9(11)12/h3-5,9H,1-2H3,(H,13,14). The van der Waals surface area contributed by atoms with E-state index >= 15 is 0 Å². The van der Waals surface area contributed by atoms with Crippen LogP contribution in [0.25, 0.3) is 0 Å². The molecule has 1 amide bonds. The highest BCUT2D eigenvalue weighted by molar-refractivity contribution is 9.25. The van der Waals surface area contributed by atoms with E-state index in [1.807, 2.05) is 32.0 Å². The Bertz CT molecular complexity index is 350. The third-order valence-corrected chi connectivity index (χ3v) is 2.67. The third-order valence-electron chi connectivity index (χ3n) is 1.84. The van der Waals surface area contributed by atoms with Gasteiger partial charge in [-0.25, -0.2) is 0 Å². The number of alkyl halides is 2. The van der Waals surface area contributed by atoms with Gasteiger partial charge in [0.2, 0.25) is 5.91 Å². The Kier molecular flexibility index (Phi) is 4.13. The summed E-state index contributed by atoms with van der Waals surface area (Å²) in [5, 5.41) is 2.80. The summed E-state index contributed by atoms with van der Waals surface area (Å²) in [6.07, 6.45) is 0. The zero-order valence-electron chi connectivity index (χ0n) is 7.97. The number of benzene rings is 1. The predicted octanol–water partition coefficient (Wildman–Crippen LogP) is 3.36. The maximum Gasteiger partial charge on any atom is 0.248 e. The van der Waals surface area contributed by atoms with E-state index in [0.29, 0.717) is 0 Å². The molecule has 0 aromatic heterocycles. The highest BCUT2D eigenvalue weighted by Gasteiger charge is 2.11. The minimum Gasteiger partial charge on any atom is -0.324 e. The summed E-state index contributed by atoms with van der Waals surface area (Å²) < 4.78 is -0.351. The Hall–Kier alpha value is -0.350. The van der Waals surface area contributed by atoms with Gasteiger partial charge in [-0.3, -0.25) is 4.79 Å². The monoisotopic (exact) mass is 319 g/mol. The number of rotatable bonds is 2. The van der Waals surface area contributed by atoms with Crippen LogP contribution in [0, 0.1) is 13.8 Å². The van der Waals surface area contributed by atoms with Crippen LogP contribution < -0.4 is 5.32 Å². The summed E-state index contributed by atoms with van der Waals surface area (Å²) in [6.45, 7) is 4.00. The topological polar surface area (TPSA) is 29.1 Å². The molecule has 0 aliphatic rings. The summed E-state index contributed by atoms with van der Waals surface area (Å²) in [6, 6.07) is 5.91. The van der Waals surface area contributed by atoms with Crippen molar-refractivity contribution in [3.63, 3.8) is 0 Å². The van der Waals surface area contributed by atoms with Crippen molar-refractivity contribution in [2.24, 2.45) is 0 Å². The summed E-state index contributed by atoms with van der Waals surface area (Å²) >= 11 is 6.28. The quantitative estimate of drug-likeness (QED) is 0.832. The third kappa shape index (κ3) is 3.10. The van der Waals surface area contributed by atoms with Crippen molar-refractivity contribution in [2.45, 2.75) is 17.6 Å².